The molecule has 0 amide bonds. The molecular weight excluding hydrogens is 797 g/mol. The van der Waals surface area contributed by atoms with Crippen LogP contribution in [0.25, 0.3) is 122 Å². The van der Waals surface area contributed by atoms with Crippen LogP contribution in [0.1, 0.15) is 9.68 Å². The maximum Gasteiger partial charge on any atom is 0.164 e. The Bertz CT molecular complexity index is 4260. The van der Waals surface area contributed by atoms with Crippen molar-refractivity contribution in [2.75, 3.05) is 0 Å². The summed E-state index contributed by atoms with van der Waals surface area (Å²) < 4.78 is 40.1. The van der Waals surface area contributed by atoms with Gasteiger partial charge in [0.2, 0.25) is 0 Å². The first-order chi connectivity index (χ1) is 33.5. The van der Waals surface area contributed by atoms with Crippen molar-refractivity contribution in [3.05, 3.63) is 212 Å². The molecule has 65 heavy (non-hydrogen) atoms. The summed E-state index contributed by atoms with van der Waals surface area (Å²) in [5, 5.41) is 16.8. The third kappa shape index (κ3) is 5.71. The number of fused-ring (bicyclic) bond motifs is 10. The largest absolute Gasteiger partial charge is 0.456 e. The van der Waals surface area contributed by atoms with Gasteiger partial charge in [-0.3, -0.25) is 0 Å². The lowest BCUT2D eigenvalue weighted by atomic mass is 9.99. The molecule has 7 nitrogen and oxygen atoms in total. The molecule has 0 saturated heterocycles. The van der Waals surface area contributed by atoms with Crippen LogP contribution in [0.3, 0.4) is 0 Å². The van der Waals surface area contributed by atoms with Gasteiger partial charge in [0, 0.05) is 54.7 Å². The minimum absolute atomic E-state index is 0.00658. The van der Waals surface area contributed by atoms with Crippen LogP contribution in [-0.4, -0.2) is 24.1 Å². The molecule has 0 unspecified atom stereocenters. The fourth-order valence-electron chi connectivity index (χ4n) is 9.51. The van der Waals surface area contributed by atoms with Gasteiger partial charge in [0.15, 0.2) is 17.5 Å². The third-order valence-corrected chi connectivity index (χ3v) is 12.4. The predicted octanol–water partition coefficient (Wildman–Crippen LogP) is 14.5. The molecule has 0 saturated carbocycles. The van der Waals surface area contributed by atoms with Crippen molar-refractivity contribution in [3.8, 4) is 62.7 Å². The predicted molar refractivity (Wildman–Crippen MR) is 262 cm³/mol. The average molecular weight is 834 g/mol. The summed E-state index contributed by atoms with van der Waals surface area (Å²) in [5.41, 5.74) is 9.14. The van der Waals surface area contributed by atoms with Crippen LogP contribution < -0.4 is 0 Å². The topological polar surface area (TPSA) is 85.5 Å². The summed E-state index contributed by atoms with van der Waals surface area (Å²) in [7, 11) is 0. The molecule has 0 radical (unpaired) electrons. The van der Waals surface area contributed by atoms with Crippen LogP contribution in [0.15, 0.2) is 211 Å². The van der Waals surface area contributed by atoms with Crippen molar-refractivity contribution in [1.29, 1.82) is 5.26 Å². The van der Waals surface area contributed by atoms with Crippen LogP contribution in [0, 0.1) is 11.3 Å². The van der Waals surface area contributed by atoms with Crippen molar-refractivity contribution in [3.63, 3.8) is 0 Å². The van der Waals surface area contributed by atoms with E-state index in [9.17, 15) is 9.37 Å². The van der Waals surface area contributed by atoms with E-state index < -0.39 is 0 Å². The van der Waals surface area contributed by atoms with E-state index >= 15 is 0 Å². The molecule has 0 aliphatic heterocycles. The SMILES string of the molecule is [2H]c1c([2H])c(-n2c3ccccc3c3ccc4c(c5ccccc5n4-c4ccccc4)c32)c(C#N)c([2H])c1-c1nc(-c2ccc3oc4ccccc4c3c2)nc(-c2ccccc2-c2ccccc2)n1. The van der Waals surface area contributed by atoms with Gasteiger partial charge in [-0.15, -0.1) is 0 Å². The molecule has 4 heterocycles. The van der Waals surface area contributed by atoms with Crippen LogP contribution in [0.2, 0.25) is 0 Å². The maximum atomic E-state index is 11.3. The zero-order valence-corrected chi connectivity index (χ0v) is 34.5. The zero-order valence-electron chi connectivity index (χ0n) is 37.5. The van der Waals surface area contributed by atoms with Crippen LogP contribution >= 0.6 is 0 Å². The minimum Gasteiger partial charge on any atom is -0.456 e. The number of nitriles is 1. The lowest BCUT2D eigenvalue weighted by molar-refractivity contribution is 0.669. The molecule has 13 rings (SSSR count). The number of hydrogen-bond acceptors (Lipinski definition) is 5. The van der Waals surface area contributed by atoms with E-state index in [-0.39, 0.29) is 40.8 Å². The molecule has 0 fully saturated rings. The van der Waals surface area contributed by atoms with E-state index in [1.54, 1.807) is 0 Å². The number of furan rings is 1. The lowest BCUT2D eigenvalue weighted by Gasteiger charge is -2.14. The van der Waals surface area contributed by atoms with Gasteiger partial charge in [-0.1, -0.05) is 133 Å². The first-order valence-electron chi connectivity index (χ1n) is 22.8. The van der Waals surface area contributed by atoms with Crippen molar-refractivity contribution >= 4 is 65.6 Å². The monoisotopic (exact) mass is 833 g/mol. The summed E-state index contributed by atoms with van der Waals surface area (Å²) in [6.07, 6.45) is 0. The molecule has 13 aromatic rings. The number of rotatable bonds is 6. The standard InChI is InChI=1S/C58H34N6O/c59-35-39-33-37(27-30-48(39)64-49-24-12-9-20-42(49)44-29-31-51-54(55(44)64)46-23-10-13-25-50(46)63(51)40-17-5-2-6-18-40)56-60-57(38-28-32-53-47(34-38)43-21-11-14-26-52(43)65-53)62-58(61-56)45-22-8-7-19-41(45)36-15-3-1-4-16-36/h1-34H/i27D,30D,33D. The van der Waals surface area contributed by atoms with Gasteiger partial charge in [0.05, 0.1) is 37.4 Å². The highest BCUT2D eigenvalue weighted by molar-refractivity contribution is 6.26. The summed E-state index contributed by atoms with van der Waals surface area (Å²) in [6.45, 7) is 0. The Kier molecular flexibility index (Phi) is 7.46. The molecule has 0 bridgehead atoms. The molecular formula is C58H34N6O. The van der Waals surface area contributed by atoms with Crippen molar-refractivity contribution in [2.45, 2.75) is 0 Å². The number of aromatic nitrogens is 5. The van der Waals surface area contributed by atoms with E-state index in [4.69, 9.17) is 19.4 Å². The van der Waals surface area contributed by atoms with E-state index in [1.165, 1.54) is 0 Å². The highest BCUT2D eigenvalue weighted by Gasteiger charge is 2.23. The smallest absolute Gasteiger partial charge is 0.164 e. The summed E-state index contributed by atoms with van der Waals surface area (Å²) in [6, 6.07) is 63.5. The van der Waals surface area contributed by atoms with Gasteiger partial charge >= 0.3 is 0 Å². The molecule has 302 valence electrons. The Morgan fingerprint density at radius 2 is 1.09 bits per heavy atom. The first-order valence-corrected chi connectivity index (χ1v) is 21.3. The Hall–Kier alpha value is -9.12. The molecule has 0 aliphatic carbocycles. The second-order valence-electron chi connectivity index (χ2n) is 16.0. The second-order valence-corrected chi connectivity index (χ2v) is 16.0. The molecule has 9 aromatic carbocycles. The van der Waals surface area contributed by atoms with E-state index in [1.807, 2.05) is 156 Å². The number of nitrogens with zero attached hydrogens (tertiary/aromatic N) is 6. The fraction of sp³-hybridized carbons (Fsp3) is 0. The second kappa shape index (κ2) is 14.5. The highest BCUT2D eigenvalue weighted by atomic mass is 16.3. The van der Waals surface area contributed by atoms with Crippen molar-refractivity contribution in [2.24, 2.45) is 0 Å². The van der Waals surface area contributed by atoms with E-state index in [0.717, 1.165) is 76.8 Å². The molecule has 0 atom stereocenters. The molecule has 0 aliphatic rings. The molecule has 0 N–H and O–H groups in total. The fourth-order valence-corrected chi connectivity index (χ4v) is 9.51. The van der Waals surface area contributed by atoms with Crippen LogP contribution in [0.4, 0.5) is 0 Å². The Balaban J connectivity index is 1.09. The van der Waals surface area contributed by atoms with Crippen LogP contribution in [-0.2, 0) is 0 Å². The van der Waals surface area contributed by atoms with Crippen molar-refractivity contribution in [1.82, 2.24) is 24.1 Å². The van der Waals surface area contributed by atoms with Gasteiger partial charge in [-0.25, -0.2) is 15.0 Å². The van der Waals surface area contributed by atoms with Gasteiger partial charge in [-0.2, -0.15) is 5.26 Å². The third-order valence-electron chi connectivity index (χ3n) is 12.4. The molecule has 7 heteroatoms. The Morgan fingerprint density at radius 1 is 0.462 bits per heavy atom. The molecule has 4 aromatic heterocycles. The van der Waals surface area contributed by atoms with Gasteiger partial charge in [-0.05, 0) is 83.9 Å². The first kappa shape index (κ1) is 33.5. The van der Waals surface area contributed by atoms with Crippen molar-refractivity contribution < 1.29 is 8.53 Å². The van der Waals surface area contributed by atoms with Gasteiger partial charge < -0.3 is 13.6 Å². The summed E-state index contributed by atoms with van der Waals surface area (Å²) in [5.74, 6) is 0.619. The van der Waals surface area contributed by atoms with Gasteiger partial charge in [0.1, 0.15) is 17.2 Å². The number of benzene rings is 9. The Morgan fingerprint density at radius 3 is 1.89 bits per heavy atom. The maximum absolute atomic E-state index is 11.3. The number of para-hydroxylation sites is 4. The van der Waals surface area contributed by atoms with Crippen LogP contribution in [0.5, 0.6) is 0 Å². The number of hydrogen-bond donors (Lipinski definition) is 0. The summed E-state index contributed by atoms with van der Waals surface area (Å²) >= 11 is 0. The Labute approximate surface area is 376 Å². The quantitative estimate of drug-likeness (QED) is 0.167. The summed E-state index contributed by atoms with van der Waals surface area (Å²) in [4.78, 5) is 15.1. The molecule has 0 spiro atoms. The normalized spacial score (nSPS) is 12.3. The van der Waals surface area contributed by atoms with E-state index in [0.29, 0.717) is 28.4 Å². The minimum atomic E-state index is -0.287. The average Bonchev–Trinajstić information content (AvgIpc) is 4.05. The zero-order chi connectivity index (χ0) is 45.6. The highest BCUT2D eigenvalue weighted by Crippen LogP contribution is 2.43. The van der Waals surface area contributed by atoms with Gasteiger partial charge in [0.25, 0.3) is 0 Å². The van der Waals surface area contributed by atoms with E-state index in [2.05, 4.69) is 47.0 Å². The lowest BCUT2D eigenvalue weighted by Crippen LogP contribution is -2.03.